The third-order valence-electron chi connectivity index (χ3n) is 4.47. The summed E-state index contributed by atoms with van der Waals surface area (Å²) < 4.78 is 44.9. The number of nitrogens with zero attached hydrogens (tertiary/aromatic N) is 3. The molecule has 4 rings (SSSR count). The Kier molecular flexibility index (Phi) is 3.99. The van der Waals surface area contributed by atoms with E-state index in [-0.39, 0.29) is 11.8 Å². The molecule has 0 spiro atoms. The molecule has 0 radical (unpaired) electrons. The number of rotatable bonds is 4. The van der Waals surface area contributed by atoms with E-state index in [2.05, 4.69) is 14.7 Å². The zero-order chi connectivity index (χ0) is 17.4. The predicted molar refractivity (Wildman–Crippen MR) is 87.5 cm³/mol. The molecule has 2 aromatic heterocycles. The molecule has 130 valence electrons. The fourth-order valence-corrected chi connectivity index (χ4v) is 3.46. The van der Waals surface area contributed by atoms with Gasteiger partial charge in [0.05, 0.1) is 11.6 Å². The van der Waals surface area contributed by atoms with E-state index >= 15 is 0 Å². The van der Waals surface area contributed by atoms with Crippen molar-refractivity contribution < 1.29 is 17.9 Å². The molecule has 0 saturated carbocycles. The smallest absolute Gasteiger partial charge is 0.387 e. The monoisotopic (exact) mass is 347 g/mol. The van der Waals surface area contributed by atoms with Crippen LogP contribution in [-0.2, 0) is 0 Å². The maximum Gasteiger partial charge on any atom is 0.387 e. The number of pyridine rings is 1. The van der Waals surface area contributed by atoms with Crippen molar-refractivity contribution in [2.75, 3.05) is 11.4 Å². The van der Waals surface area contributed by atoms with Gasteiger partial charge in [-0.25, -0.2) is 8.91 Å². The van der Waals surface area contributed by atoms with Gasteiger partial charge in [-0.3, -0.25) is 0 Å². The summed E-state index contributed by atoms with van der Waals surface area (Å²) in [5, 5.41) is 4.18. The maximum absolute atomic E-state index is 13.9. The summed E-state index contributed by atoms with van der Waals surface area (Å²) in [5.74, 6) is -0.727. The van der Waals surface area contributed by atoms with Crippen molar-refractivity contribution in [1.29, 1.82) is 0 Å². The topological polar surface area (TPSA) is 29.8 Å². The molecule has 1 atom stereocenters. The summed E-state index contributed by atoms with van der Waals surface area (Å²) in [7, 11) is 0. The average molecular weight is 347 g/mol. The van der Waals surface area contributed by atoms with E-state index in [1.165, 1.54) is 12.1 Å². The molecule has 3 aromatic rings. The molecule has 4 nitrogen and oxygen atoms in total. The first-order valence-electron chi connectivity index (χ1n) is 8.05. The SMILES string of the molecule is Fc1cc(OC(F)F)cc([C@H]2CCCN2c2ccn3nccc3c2)c1. The van der Waals surface area contributed by atoms with Crippen LogP contribution in [0, 0.1) is 5.82 Å². The number of aromatic nitrogens is 2. The van der Waals surface area contributed by atoms with Gasteiger partial charge in [0.1, 0.15) is 11.6 Å². The fraction of sp³-hybridized carbons (Fsp3) is 0.278. The number of anilines is 1. The van der Waals surface area contributed by atoms with Gasteiger partial charge in [-0.2, -0.15) is 13.9 Å². The van der Waals surface area contributed by atoms with Gasteiger partial charge in [0.15, 0.2) is 0 Å². The molecule has 7 heteroatoms. The Balaban J connectivity index is 1.68. The number of hydrogen-bond acceptors (Lipinski definition) is 3. The summed E-state index contributed by atoms with van der Waals surface area (Å²) in [6, 6.07) is 9.66. The molecule has 0 N–H and O–H groups in total. The predicted octanol–water partition coefficient (Wildman–Crippen LogP) is 4.42. The molecule has 0 bridgehead atoms. The lowest BCUT2D eigenvalue weighted by Crippen LogP contribution is -2.22. The Hall–Kier alpha value is -2.70. The summed E-state index contributed by atoms with van der Waals surface area (Å²) in [4.78, 5) is 2.16. The van der Waals surface area contributed by atoms with Crippen molar-refractivity contribution >= 4 is 11.2 Å². The summed E-state index contributed by atoms with van der Waals surface area (Å²) in [6.45, 7) is -2.16. The lowest BCUT2D eigenvalue weighted by molar-refractivity contribution is -0.0500. The number of halogens is 3. The second-order valence-corrected chi connectivity index (χ2v) is 6.04. The van der Waals surface area contributed by atoms with Crippen LogP contribution in [-0.4, -0.2) is 22.8 Å². The standard InChI is InChI=1S/C18H16F3N3O/c19-13-8-12(9-16(10-13)25-18(20)21)17-2-1-6-23(17)14-4-7-24-15(11-14)3-5-22-24/h3-5,7-11,17-18H,1-2,6H2/t17-/m1/s1. The van der Waals surface area contributed by atoms with Crippen molar-refractivity contribution in [3.8, 4) is 5.75 Å². The van der Waals surface area contributed by atoms with E-state index in [9.17, 15) is 13.2 Å². The Labute approximate surface area is 142 Å². The first kappa shape index (κ1) is 15.8. The summed E-state index contributed by atoms with van der Waals surface area (Å²) >= 11 is 0. The van der Waals surface area contributed by atoms with Crippen LogP contribution >= 0.6 is 0 Å². The highest BCUT2D eigenvalue weighted by atomic mass is 19.3. The minimum absolute atomic E-state index is 0.0823. The lowest BCUT2D eigenvalue weighted by Gasteiger charge is -2.27. The van der Waals surface area contributed by atoms with Gasteiger partial charge in [-0.05, 0) is 48.7 Å². The van der Waals surface area contributed by atoms with Gasteiger partial charge in [0.25, 0.3) is 0 Å². The summed E-state index contributed by atoms with van der Waals surface area (Å²) in [6.07, 6.45) is 5.36. The van der Waals surface area contributed by atoms with Crippen LogP contribution in [0.15, 0.2) is 48.8 Å². The van der Waals surface area contributed by atoms with E-state index in [1.807, 2.05) is 24.4 Å². The first-order valence-corrected chi connectivity index (χ1v) is 8.05. The van der Waals surface area contributed by atoms with E-state index in [4.69, 9.17) is 0 Å². The highest BCUT2D eigenvalue weighted by Gasteiger charge is 2.27. The third-order valence-corrected chi connectivity index (χ3v) is 4.47. The minimum Gasteiger partial charge on any atom is -0.435 e. The molecule has 25 heavy (non-hydrogen) atoms. The largest absolute Gasteiger partial charge is 0.435 e. The molecule has 0 aliphatic carbocycles. The number of hydrogen-bond donors (Lipinski definition) is 0. The van der Waals surface area contributed by atoms with E-state index in [0.29, 0.717) is 5.56 Å². The highest BCUT2D eigenvalue weighted by molar-refractivity contribution is 5.60. The molecular formula is C18H16F3N3O. The van der Waals surface area contributed by atoms with Crippen molar-refractivity contribution in [2.45, 2.75) is 25.5 Å². The van der Waals surface area contributed by atoms with E-state index in [1.54, 1.807) is 10.7 Å². The minimum atomic E-state index is -2.97. The van der Waals surface area contributed by atoms with Crippen LogP contribution in [0.4, 0.5) is 18.9 Å². The third kappa shape index (κ3) is 3.14. The molecule has 1 saturated heterocycles. The molecule has 1 fully saturated rings. The Morgan fingerprint density at radius 3 is 2.88 bits per heavy atom. The molecule has 0 unspecified atom stereocenters. The molecule has 0 amide bonds. The summed E-state index contributed by atoms with van der Waals surface area (Å²) in [5.41, 5.74) is 2.60. The second-order valence-electron chi connectivity index (χ2n) is 6.04. The van der Waals surface area contributed by atoms with Crippen LogP contribution in [0.2, 0.25) is 0 Å². The molecular weight excluding hydrogens is 331 g/mol. The van der Waals surface area contributed by atoms with Crippen molar-refractivity contribution in [3.05, 3.63) is 60.2 Å². The molecule has 1 aromatic carbocycles. The van der Waals surface area contributed by atoms with Gasteiger partial charge >= 0.3 is 6.61 Å². The van der Waals surface area contributed by atoms with Gasteiger partial charge in [-0.15, -0.1) is 0 Å². The number of ether oxygens (including phenoxy) is 1. The van der Waals surface area contributed by atoms with Crippen LogP contribution in [0.5, 0.6) is 5.75 Å². The number of alkyl halides is 2. The van der Waals surface area contributed by atoms with E-state index in [0.717, 1.165) is 36.7 Å². The Morgan fingerprint density at radius 2 is 2.04 bits per heavy atom. The average Bonchev–Trinajstić information content (AvgIpc) is 3.22. The van der Waals surface area contributed by atoms with Crippen LogP contribution < -0.4 is 9.64 Å². The molecule has 1 aliphatic rings. The Bertz CT molecular complexity index is 896. The van der Waals surface area contributed by atoms with Crippen LogP contribution in [0.3, 0.4) is 0 Å². The zero-order valence-corrected chi connectivity index (χ0v) is 13.3. The number of benzene rings is 1. The molecule has 1 aliphatic heterocycles. The quantitative estimate of drug-likeness (QED) is 0.700. The maximum atomic E-state index is 13.9. The normalized spacial score (nSPS) is 17.6. The molecule has 3 heterocycles. The lowest BCUT2D eigenvalue weighted by atomic mass is 10.0. The zero-order valence-electron chi connectivity index (χ0n) is 13.3. The Morgan fingerprint density at radius 1 is 1.16 bits per heavy atom. The van der Waals surface area contributed by atoms with Crippen LogP contribution in [0.1, 0.15) is 24.4 Å². The van der Waals surface area contributed by atoms with Gasteiger partial charge in [-0.1, -0.05) is 0 Å². The number of fused-ring (bicyclic) bond motifs is 1. The van der Waals surface area contributed by atoms with Crippen LogP contribution in [0.25, 0.3) is 5.52 Å². The van der Waals surface area contributed by atoms with Gasteiger partial charge < -0.3 is 9.64 Å². The van der Waals surface area contributed by atoms with E-state index < -0.39 is 12.4 Å². The van der Waals surface area contributed by atoms with Gasteiger partial charge in [0.2, 0.25) is 0 Å². The van der Waals surface area contributed by atoms with Crippen molar-refractivity contribution in [3.63, 3.8) is 0 Å². The fourth-order valence-electron chi connectivity index (χ4n) is 3.46. The second kappa shape index (κ2) is 6.31. The van der Waals surface area contributed by atoms with Gasteiger partial charge in [0, 0.05) is 30.7 Å². The van der Waals surface area contributed by atoms with Crippen molar-refractivity contribution in [1.82, 2.24) is 9.61 Å². The van der Waals surface area contributed by atoms with Crippen molar-refractivity contribution in [2.24, 2.45) is 0 Å². The highest BCUT2D eigenvalue weighted by Crippen LogP contribution is 2.38. The first-order chi connectivity index (χ1) is 12.1.